The zero-order chi connectivity index (χ0) is 21.0. The van der Waals surface area contributed by atoms with E-state index in [0.29, 0.717) is 33.9 Å². The van der Waals surface area contributed by atoms with E-state index in [-0.39, 0.29) is 17.4 Å². The third kappa shape index (κ3) is 4.66. The first-order valence-corrected chi connectivity index (χ1v) is 10.2. The fraction of sp³-hybridized carbons (Fsp3) is 0.273. The second-order valence-electron chi connectivity index (χ2n) is 7.13. The van der Waals surface area contributed by atoms with E-state index in [1.165, 1.54) is 11.8 Å². The quantitative estimate of drug-likeness (QED) is 0.493. The van der Waals surface area contributed by atoms with Crippen molar-refractivity contribution in [3.05, 3.63) is 64.4 Å². The lowest BCUT2D eigenvalue weighted by atomic mass is 10.2. The number of nitrogens with zero attached hydrogens (tertiary/aromatic N) is 3. The summed E-state index contributed by atoms with van der Waals surface area (Å²) < 4.78 is 1.64. The first-order chi connectivity index (χ1) is 13.9. The number of hydrogen-bond acceptors (Lipinski definition) is 5. The van der Waals surface area contributed by atoms with Crippen LogP contribution in [0.2, 0.25) is 0 Å². The van der Waals surface area contributed by atoms with Crippen molar-refractivity contribution in [2.24, 2.45) is 5.92 Å². The molecule has 7 heteroatoms. The van der Waals surface area contributed by atoms with Crippen molar-refractivity contribution >= 4 is 34.3 Å². The molecule has 0 radical (unpaired) electrons. The number of nitrogens with one attached hydrogen (secondary N) is 1. The molecule has 0 unspecified atom stereocenters. The van der Waals surface area contributed by atoms with Crippen LogP contribution < -0.4 is 10.9 Å². The Balaban J connectivity index is 1.91. The van der Waals surface area contributed by atoms with Gasteiger partial charge in [0.15, 0.2) is 5.16 Å². The van der Waals surface area contributed by atoms with E-state index in [9.17, 15) is 14.9 Å². The Labute approximate surface area is 173 Å². The largest absolute Gasteiger partial charge is 0.324 e. The number of amides is 1. The summed E-state index contributed by atoms with van der Waals surface area (Å²) in [5.74, 6) is -0.00199. The molecule has 1 atom stereocenters. The molecule has 0 aliphatic carbocycles. The number of carbonyl (C=O) groups is 1. The lowest BCUT2D eigenvalue weighted by Crippen LogP contribution is -2.28. The van der Waals surface area contributed by atoms with Gasteiger partial charge >= 0.3 is 0 Å². The molecular formula is C22H22N4O2S. The number of benzene rings is 2. The maximum atomic E-state index is 13.0. The lowest BCUT2D eigenvalue weighted by Gasteiger charge is -2.17. The molecule has 0 aliphatic heterocycles. The Bertz CT molecular complexity index is 1150. The van der Waals surface area contributed by atoms with Gasteiger partial charge in [0, 0.05) is 6.54 Å². The molecule has 0 bridgehead atoms. The number of anilines is 1. The number of thioether (sulfide) groups is 1. The summed E-state index contributed by atoms with van der Waals surface area (Å²) in [6.45, 7) is 6.34. The predicted octanol–water partition coefficient (Wildman–Crippen LogP) is 4.04. The van der Waals surface area contributed by atoms with Gasteiger partial charge in [-0.1, -0.05) is 49.9 Å². The fourth-order valence-electron chi connectivity index (χ4n) is 2.90. The second-order valence-corrected chi connectivity index (χ2v) is 8.44. The first kappa shape index (κ1) is 20.6. The normalized spacial score (nSPS) is 12.0. The van der Waals surface area contributed by atoms with Gasteiger partial charge in [-0.15, -0.1) is 0 Å². The zero-order valence-electron chi connectivity index (χ0n) is 16.5. The second kappa shape index (κ2) is 8.93. The molecule has 3 rings (SSSR count). The molecule has 1 aromatic heterocycles. The monoisotopic (exact) mass is 406 g/mol. The van der Waals surface area contributed by atoms with Crippen LogP contribution in [0.5, 0.6) is 0 Å². The number of carbonyl (C=O) groups excluding carboxylic acids is 1. The summed E-state index contributed by atoms with van der Waals surface area (Å²) in [5, 5.41) is 12.6. The highest BCUT2D eigenvalue weighted by Crippen LogP contribution is 2.25. The molecule has 0 aliphatic rings. The standard InChI is InChI=1S/C22H22N4O2S/c1-14(2)13-26-21(28)17-9-5-7-11-19(17)25-22(26)29-15(3)20(27)24-18-10-6-4-8-16(18)12-23/h4-11,14-15H,13H2,1-3H3,(H,24,27)/t15-/m0/s1. The maximum Gasteiger partial charge on any atom is 0.262 e. The van der Waals surface area contributed by atoms with Crippen LogP contribution in [0.1, 0.15) is 26.3 Å². The van der Waals surface area contributed by atoms with Crippen molar-refractivity contribution in [2.75, 3.05) is 5.32 Å². The highest BCUT2D eigenvalue weighted by Gasteiger charge is 2.20. The Morgan fingerprint density at radius 3 is 2.59 bits per heavy atom. The van der Waals surface area contributed by atoms with Crippen LogP contribution in [-0.2, 0) is 11.3 Å². The number of fused-ring (bicyclic) bond motifs is 1. The van der Waals surface area contributed by atoms with E-state index in [1.54, 1.807) is 47.9 Å². The molecule has 6 nitrogen and oxygen atoms in total. The summed E-state index contributed by atoms with van der Waals surface area (Å²) in [5.41, 5.74) is 1.38. The number of aromatic nitrogens is 2. The topological polar surface area (TPSA) is 87.8 Å². The molecule has 1 amide bonds. The van der Waals surface area contributed by atoms with Crippen molar-refractivity contribution in [2.45, 2.75) is 37.7 Å². The summed E-state index contributed by atoms with van der Waals surface area (Å²) in [6, 6.07) is 16.1. The minimum Gasteiger partial charge on any atom is -0.324 e. The van der Waals surface area contributed by atoms with E-state index < -0.39 is 5.25 Å². The number of rotatable bonds is 6. The van der Waals surface area contributed by atoms with E-state index in [2.05, 4.69) is 16.4 Å². The molecule has 0 spiro atoms. The van der Waals surface area contributed by atoms with Gasteiger partial charge in [-0.25, -0.2) is 4.98 Å². The van der Waals surface area contributed by atoms with Gasteiger partial charge < -0.3 is 5.32 Å². The first-order valence-electron chi connectivity index (χ1n) is 9.37. The maximum absolute atomic E-state index is 13.0. The van der Waals surface area contributed by atoms with Gasteiger partial charge in [0.25, 0.3) is 5.56 Å². The molecule has 0 saturated carbocycles. The fourth-order valence-corrected chi connectivity index (χ4v) is 3.82. The average molecular weight is 407 g/mol. The van der Waals surface area contributed by atoms with Crippen LogP contribution >= 0.6 is 11.8 Å². The Morgan fingerprint density at radius 1 is 1.17 bits per heavy atom. The molecule has 0 fully saturated rings. The van der Waals surface area contributed by atoms with Gasteiger partial charge in [0.2, 0.25) is 5.91 Å². The Kier molecular flexibility index (Phi) is 6.35. The number of para-hydroxylation sites is 2. The van der Waals surface area contributed by atoms with Gasteiger partial charge in [-0.3, -0.25) is 14.2 Å². The van der Waals surface area contributed by atoms with Crippen LogP contribution in [0, 0.1) is 17.2 Å². The minimum atomic E-state index is -0.506. The van der Waals surface area contributed by atoms with Crippen molar-refractivity contribution < 1.29 is 4.79 Å². The molecular weight excluding hydrogens is 384 g/mol. The van der Waals surface area contributed by atoms with Crippen LogP contribution in [0.15, 0.2) is 58.5 Å². The number of hydrogen-bond donors (Lipinski definition) is 1. The van der Waals surface area contributed by atoms with Crippen LogP contribution in [0.4, 0.5) is 5.69 Å². The van der Waals surface area contributed by atoms with E-state index >= 15 is 0 Å². The Morgan fingerprint density at radius 2 is 1.86 bits per heavy atom. The number of nitriles is 1. The predicted molar refractivity (Wildman–Crippen MR) is 116 cm³/mol. The van der Waals surface area contributed by atoms with Gasteiger partial charge in [-0.05, 0) is 37.1 Å². The molecule has 1 heterocycles. The average Bonchev–Trinajstić information content (AvgIpc) is 2.71. The molecule has 3 aromatic rings. The highest BCUT2D eigenvalue weighted by atomic mass is 32.2. The van der Waals surface area contributed by atoms with Crippen molar-refractivity contribution in [1.29, 1.82) is 5.26 Å². The lowest BCUT2D eigenvalue weighted by molar-refractivity contribution is -0.115. The van der Waals surface area contributed by atoms with Gasteiger partial charge in [0.05, 0.1) is 27.4 Å². The van der Waals surface area contributed by atoms with Gasteiger partial charge in [0.1, 0.15) is 6.07 Å². The van der Waals surface area contributed by atoms with Crippen LogP contribution in [0.3, 0.4) is 0 Å². The van der Waals surface area contributed by atoms with Crippen molar-refractivity contribution in [3.63, 3.8) is 0 Å². The third-order valence-electron chi connectivity index (χ3n) is 4.33. The summed E-state index contributed by atoms with van der Waals surface area (Å²) >= 11 is 1.24. The van der Waals surface area contributed by atoms with E-state index in [1.807, 2.05) is 26.0 Å². The van der Waals surface area contributed by atoms with E-state index in [4.69, 9.17) is 0 Å². The molecule has 2 aromatic carbocycles. The van der Waals surface area contributed by atoms with E-state index in [0.717, 1.165) is 0 Å². The Hall–Kier alpha value is -3.11. The smallest absolute Gasteiger partial charge is 0.262 e. The van der Waals surface area contributed by atoms with Gasteiger partial charge in [-0.2, -0.15) is 5.26 Å². The zero-order valence-corrected chi connectivity index (χ0v) is 17.4. The molecule has 1 N–H and O–H groups in total. The minimum absolute atomic E-state index is 0.103. The SMILES string of the molecule is CC(C)Cn1c(S[C@@H](C)C(=O)Nc2ccccc2C#N)nc2ccccc2c1=O. The molecule has 148 valence electrons. The summed E-state index contributed by atoms with van der Waals surface area (Å²) in [6.07, 6.45) is 0. The molecule has 0 saturated heterocycles. The summed E-state index contributed by atoms with van der Waals surface area (Å²) in [7, 11) is 0. The third-order valence-corrected chi connectivity index (χ3v) is 5.42. The van der Waals surface area contributed by atoms with Crippen molar-refractivity contribution in [1.82, 2.24) is 9.55 Å². The molecule has 29 heavy (non-hydrogen) atoms. The van der Waals surface area contributed by atoms with Crippen molar-refractivity contribution in [3.8, 4) is 6.07 Å². The highest BCUT2D eigenvalue weighted by molar-refractivity contribution is 8.00. The van der Waals surface area contributed by atoms with Crippen LogP contribution in [0.25, 0.3) is 10.9 Å². The van der Waals surface area contributed by atoms with Crippen LogP contribution in [-0.4, -0.2) is 20.7 Å². The summed E-state index contributed by atoms with van der Waals surface area (Å²) in [4.78, 5) is 30.3.